The van der Waals surface area contributed by atoms with Gasteiger partial charge in [-0.2, -0.15) is 0 Å². The number of ether oxygens (including phenoxy) is 2. The van der Waals surface area contributed by atoms with Gasteiger partial charge in [-0.1, -0.05) is 6.08 Å². The molecule has 0 aliphatic carbocycles. The second kappa shape index (κ2) is 7.29. The van der Waals surface area contributed by atoms with E-state index in [1.807, 2.05) is 6.92 Å². The van der Waals surface area contributed by atoms with E-state index in [-0.39, 0.29) is 18.2 Å². The van der Waals surface area contributed by atoms with Crippen molar-refractivity contribution < 1.29 is 14.3 Å². The maximum Gasteiger partial charge on any atom is 0.317 e. The third-order valence-electron chi connectivity index (χ3n) is 2.78. The molecule has 1 rings (SSSR count). The van der Waals surface area contributed by atoms with E-state index >= 15 is 0 Å². The van der Waals surface area contributed by atoms with Crippen LogP contribution < -0.4 is 5.32 Å². The van der Waals surface area contributed by atoms with Crippen LogP contribution in [0, 0.1) is 0 Å². The fourth-order valence-electron chi connectivity index (χ4n) is 1.69. The van der Waals surface area contributed by atoms with Gasteiger partial charge in [-0.05, 0) is 13.3 Å². The number of methoxy groups -OCH3 is 1. The van der Waals surface area contributed by atoms with Gasteiger partial charge in [-0.3, -0.25) is 0 Å². The van der Waals surface area contributed by atoms with Crippen molar-refractivity contribution in [3.8, 4) is 0 Å². The van der Waals surface area contributed by atoms with Gasteiger partial charge in [0.15, 0.2) is 0 Å². The molecule has 1 fully saturated rings. The van der Waals surface area contributed by atoms with Crippen LogP contribution in [0.1, 0.15) is 13.3 Å². The van der Waals surface area contributed by atoms with E-state index in [4.69, 9.17) is 9.47 Å². The molecule has 0 aromatic heterocycles. The Bertz CT molecular complexity index is 258. The van der Waals surface area contributed by atoms with Crippen molar-refractivity contribution >= 4 is 6.03 Å². The van der Waals surface area contributed by atoms with Gasteiger partial charge in [-0.25, -0.2) is 4.79 Å². The summed E-state index contributed by atoms with van der Waals surface area (Å²) in [5, 5.41) is 2.85. The highest BCUT2D eigenvalue weighted by molar-refractivity contribution is 5.75. The molecule has 0 aromatic rings. The number of hydrogen-bond donors (Lipinski definition) is 1. The quantitative estimate of drug-likeness (QED) is 0.558. The molecule has 1 aliphatic heterocycles. The number of urea groups is 1. The molecule has 2 amide bonds. The summed E-state index contributed by atoms with van der Waals surface area (Å²) in [5.74, 6) is 0. The molecule has 0 aromatic carbocycles. The highest BCUT2D eigenvalue weighted by atomic mass is 16.5. The molecule has 2 atom stereocenters. The molecular weight excluding hydrogens is 220 g/mol. The first kappa shape index (κ1) is 14.0. The average Bonchev–Trinajstić information content (AvgIpc) is 2.78. The lowest BCUT2D eigenvalue weighted by Gasteiger charge is -2.19. The maximum absolute atomic E-state index is 11.8. The largest absolute Gasteiger partial charge is 0.382 e. The first-order valence-corrected chi connectivity index (χ1v) is 5.96. The molecule has 0 radical (unpaired) electrons. The summed E-state index contributed by atoms with van der Waals surface area (Å²) in [6.45, 7) is 8.10. The van der Waals surface area contributed by atoms with Crippen LogP contribution >= 0.6 is 0 Å². The Balaban J connectivity index is 2.24. The summed E-state index contributed by atoms with van der Waals surface area (Å²) in [4.78, 5) is 13.6. The topological polar surface area (TPSA) is 50.8 Å². The fraction of sp³-hybridized carbons (Fsp3) is 0.750. The zero-order valence-corrected chi connectivity index (χ0v) is 10.6. The highest BCUT2D eigenvalue weighted by Gasteiger charge is 2.26. The van der Waals surface area contributed by atoms with Crippen molar-refractivity contribution in [1.82, 2.24) is 10.2 Å². The van der Waals surface area contributed by atoms with E-state index in [0.717, 1.165) is 13.0 Å². The standard InChI is InChI=1S/C12H22N2O3/c1-4-10(2)13-12(15)14-6-5-11(9-14)17-8-7-16-3/h4,10-11H,1,5-9H2,2-3H3,(H,13,15)/t10-,11+/m0/s1. The van der Waals surface area contributed by atoms with Gasteiger partial charge in [0, 0.05) is 26.2 Å². The van der Waals surface area contributed by atoms with Crippen LogP contribution in [0.2, 0.25) is 0 Å². The zero-order valence-electron chi connectivity index (χ0n) is 10.6. The predicted octanol–water partition coefficient (Wildman–Crippen LogP) is 1.01. The minimum absolute atomic E-state index is 0.00374. The van der Waals surface area contributed by atoms with Gasteiger partial charge < -0.3 is 19.7 Å². The number of nitrogens with zero attached hydrogens (tertiary/aromatic N) is 1. The Labute approximate surface area is 103 Å². The van der Waals surface area contributed by atoms with Crippen LogP contribution in [0.25, 0.3) is 0 Å². The number of carbonyl (C=O) groups is 1. The van der Waals surface area contributed by atoms with Gasteiger partial charge in [0.1, 0.15) is 0 Å². The van der Waals surface area contributed by atoms with Gasteiger partial charge in [0.25, 0.3) is 0 Å². The third-order valence-corrected chi connectivity index (χ3v) is 2.78. The summed E-state index contributed by atoms with van der Waals surface area (Å²) < 4.78 is 10.5. The number of nitrogens with one attached hydrogen (secondary N) is 1. The van der Waals surface area contributed by atoms with E-state index in [1.165, 1.54) is 0 Å². The maximum atomic E-state index is 11.8. The Morgan fingerprint density at radius 3 is 3.06 bits per heavy atom. The second-order valence-corrected chi connectivity index (χ2v) is 4.19. The van der Waals surface area contributed by atoms with Gasteiger partial charge in [-0.15, -0.1) is 6.58 Å². The number of hydrogen-bond acceptors (Lipinski definition) is 3. The highest BCUT2D eigenvalue weighted by Crippen LogP contribution is 2.12. The first-order chi connectivity index (χ1) is 8.17. The Hall–Kier alpha value is -1.07. The van der Waals surface area contributed by atoms with E-state index in [0.29, 0.717) is 19.8 Å². The molecule has 17 heavy (non-hydrogen) atoms. The van der Waals surface area contributed by atoms with E-state index < -0.39 is 0 Å². The molecule has 98 valence electrons. The minimum Gasteiger partial charge on any atom is -0.382 e. The van der Waals surface area contributed by atoms with Crippen LogP contribution in [0.4, 0.5) is 4.79 Å². The van der Waals surface area contributed by atoms with Crippen molar-refractivity contribution in [3.05, 3.63) is 12.7 Å². The van der Waals surface area contributed by atoms with Gasteiger partial charge in [0.2, 0.25) is 0 Å². The molecule has 0 unspecified atom stereocenters. The third kappa shape index (κ3) is 4.75. The summed E-state index contributed by atoms with van der Waals surface area (Å²) >= 11 is 0. The van der Waals surface area contributed by atoms with Crippen LogP contribution in [-0.4, -0.2) is 56.5 Å². The molecule has 0 spiro atoms. The van der Waals surface area contributed by atoms with Crippen LogP contribution in [0.3, 0.4) is 0 Å². The van der Waals surface area contributed by atoms with Gasteiger partial charge in [0.05, 0.1) is 19.3 Å². The molecule has 1 aliphatic rings. The normalized spacial score (nSPS) is 21.3. The lowest BCUT2D eigenvalue weighted by atomic mass is 10.3. The number of rotatable bonds is 6. The summed E-state index contributed by atoms with van der Waals surface area (Å²) in [6, 6.07) is -0.0498. The SMILES string of the molecule is C=C[C@H](C)NC(=O)N1CC[C@@H](OCCOC)C1. The first-order valence-electron chi connectivity index (χ1n) is 5.96. The molecule has 1 N–H and O–H groups in total. The second-order valence-electron chi connectivity index (χ2n) is 4.19. The summed E-state index contributed by atoms with van der Waals surface area (Å²) in [5.41, 5.74) is 0. The van der Waals surface area contributed by atoms with Crippen molar-refractivity contribution in [3.63, 3.8) is 0 Å². The number of carbonyl (C=O) groups excluding carboxylic acids is 1. The lowest BCUT2D eigenvalue weighted by molar-refractivity contribution is 0.0236. The van der Waals surface area contributed by atoms with Crippen LogP contribution in [0.5, 0.6) is 0 Å². The van der Waals surface area contributed by atoms with E-state index in [2.05, 4.69) is 11.9 Å². The monoisotopic (exact) mass is 242 g/mol. The Morgan fingerprint density at radius 1 is 1.65 bits per heavy atom. The average molecular weight is 242 g/mol. The molecule has 5 nitrogen and oxygen atoms in total. The molecular formula is C12H22N2O3. The molecule has 0 bridgehead atoms. The fourth-order valence-corrected chi connectivity index (χ4v) is 1.69. The van der Waals surface area contributed by atoms with Crippen molar-refractivity contribution in [2.24, 2.45) is 0 Å². The number of likely N-dealkylation sites (tertiary alicyclic amines) is 1. The van der Waals surface area contributed by atoms with Crippen LogP contribution in [-0.2, 0) is 9.47 Å². The molecule has 1 saturated heterocycles. The summed E-state index contributed by atoms with van der Waals surface area (Å²) in [7, 11) is 1.65. The Kier molecular flexibility index (Phi) is 6.00. The van der Waals surface area contributed by atoms with E-state index in [9.17, 15) is 4.79 Å². The Morgan fingerprint density at radius 2 is 2.41 bits per heavy atom. The predicted molar refractivity (Wildman–Crippen MR) is 66.0 cm³/mol. The zero-order chi connectivity index (χ0) is 12.7. The molecule has 5 heteroatoms. The lowest BCUT2D eigenvalue weighted by Crippen LogP contribution is -2.42. The van der Waals surface area contributed by atoms with Gasteiger partial charge >= 0.3 is 6.03 Å². The van der Waals surface area contributed by atoms with Crippen LogP contribution in [0.15, 0.2) is 12.7 Å². The molecule has 0 saturated carbocycles. The van der Waals surface area contributed by atoms with Crippen molar-refractivity contribution in [2.45, 2.75) is 25.5 Å². The smallest absolute Gasteiger partial charge is 0.317 e. The number of amides is 2. The van der Waals surface area contributed by atoms with Crippen molar-refractivity contribution in [2.75, 3.05) is 33.4 Å². The molecule has 1 heterocycles. The summed E-state index contributed by atoms with van der Waals surface area (Å²) in [6.07, 6.45) is 2.73. The minimum atomic E-state index is -0.0461. The van der Waals surface area contributed by atoms with Crippen molar-refractivity contribution in [1.29, 1.82) is 0 Å². The van der Waals surface area contributed by atoms with E-state index in [1.54, 1.807) is 18.1 Å².